The molecule has 0 N–H and O–H groups in total. The Morgan fingerprint density at radius 2 is 2.06 bits per heavy atom. The highest BCUT2D eigenvalue weighted by molar-refractivity contribution is 9.10. The van der Waals surface area contributed by atoms with Crippen molar-refractivity contribution >= 4 is 27.5 Å². The fraction of sp³-hybridized carbons (Fsp3) is 0.571. The van der Waals surface area contributed by atoms with Gasteiger partial charge in [-0.25, -0.2) is 0 Å². The molecule has 17 heavy (non-hydrogen) atoms. The highest BCUT2D eigenvalue weighted by atomic mass is 79.9. The number of rotatable bonds is 3. The summed E-state index contributed by atoms with van der Waals surface area (Å²) in [6.45, 7) is 5.96. The summed E-state index contributed by atoms with van der Waals surface area (Å²) in [6.07, 6.45) is 3.73. The highest BCUT2D eigenvalue weighted by Gasteiger charge is 2.15. The van der Waals surface area contributed by atoms with Crippen LogP contribution in [0.3, 0.4) is 0 Å². The molecule has 0 radical (unpaired) electrons. The first-order valence-corrected chi connectivity index (χ1v) is 7.48. The Kier molecular flexibility index (Phi) is 4.89. The summed E-state index contributed by atoms with van der Waals surface area (Å²) in [5.74, 6) is 0.903. The van der Waals surface area contributed by atoms with Gasteiger partial charge in [0, 0.05) is 16.0 Å². The lowest BCUT2D eigenvalue weighted by Crippen LogP contribution is -2.34. The van der Waals surface area contributed by atoms with Crippen LogP contribution in [0.25, 0.3) is 0 Å². The van der Waals surface area contributed by atoms with Gasteiger partial charge in [-0.05, 0) is 62.0 Å². The molecule has 0 bridgehead atoms. The first-order chi connectivity index (χ1) is 8.15. The number of hydrogen-bond acceptors (Lipinski definition) is 1. The lowest BCUT2D eigenvalue weighted by atomic mass is 9.99. The Labute approximate surface area is 117 Å². The minimum atomic E-state index is 0.888. The van der Waals surface area contributed by atoms with E-state index in [0.29, 0.717) is 0 Å². The molecule has 0 unspecified atom stereocenters. The van der Waals surface area contributed by atoms with Crippen LogP contribution in [-0.2, 0) is 6.42 Å². The summed E-state index contributed by atoms with van der Waals surface area (Å²) in [5, 5.41) is 0.888. The van der Waals surface area contributed by atoms with Crippen LogP contribution in [0.2, 0.25) is 5.02 Å². The lowest BCUT2D eigenvalue weighted by Gasteiger charge is -2.30. The van der Waals surface area contributed by atoms with Crippen molar-refractivity contribution in [3.05, 3.63) is 33.3 Å². The molecule has 2 rings (SSSR count). The van der Waals surface area contributed by atoms with Crippen LogP contribution in [-0.4, -0.2) is 24.5 Å². The second-order valence-electron chi connectivity index (χ2n) is 5.01. The molecule has 1 fully saturated rings. The topological polar surface area (TPSA) is 3.24 Å². The van der Waals surface area contributed by atoms with Crippen LogP contribution in [0.1, 0.15) is 25.3 Å². The van der Waals surface area contributed by atoms with E-state index in [-0.39, 0.29) is 0 Å². The number of nitrogens with zero attached hydrogens (tertiary/aromatic N) is 1. The van der Waals surface area contributed by atoms with Gasteiger partial charge < -0.3 is 4.90 Å². The van der Waals surface area contributed by atoms with Gasteiger partial charge in [-0.3, -0.25) is 0 Å². The van der Waals surface area contributed by atoms with Gasteiger partial charge in [-0.15, -0.1) is 0 Å². The second-order valence-corrected chi connectivity index (χ2v) is 6.33. The van der Waals surface area contributed by atoms with Crippen molar-refractivity contribution in [3.8, 4) is 0 Å². The average molecular weight is 317 g/mol. The lowest BCUT2D eigenvalue weighted by molar-refractivity contribution is 0.194. The maximum atomic E-state index is 6.20. The Hall–Kier alpha value is -0.0500. The van der Waals surface area contributed by atoms with Crippen LogP contribution in [0.5, 0.6) is 0 Å². The molecule has 1 aromatic rings. The van der Waals surface area contributed by atoms with Gasteiger partial charge in [-0.2, -0.15) is 0 Å². The number of likely N-dealkylation sites (tertiary alicyclic amines) is 1. The zero-order chi connectivity index (χ0) is 12.3. The van der Waals surface area contributed by atoms with Crippen molar-refractivity contribution in [2.75, 3.05) is 19.6 Å². The van der Waals surface area contributed by atoms with Crippen molar-refractivity contribution in [2.45, 2.75) is 26.2 Å². The van der Waals surface area contributed by atoms with Crippen LogP contribution >= 0.6 is 27.5 Å². The standard InChI is InChI=1S/C14H19BrClN/c1-11-4-7-17(8-5-11)9-6-12-10-13(15)2-3-14(12)16/h2-3,10-11H,4-9H2,1H3. The normalized spacial score (nSPS) is 18.5. The Bertz CT molecular complexity index is 372. The van der Waals surface area contributed by atoms with E-state index in [2.05, 4.69) is 33.8 Å². The summed E-state index contributed by atoms with van der Waals surface area (Å²) in [7, 11) is 0. The number of halogens is 2. The molecular weight excluding hydrogens is 298 g/mol. The van der Waals surface area contributed by atoms with E-state index < -0.39 is 0 Å². The summed E-state index contributed by atoms with van der Waals surface area (Å²) in [4.78, 5) is 2.55. The largest absolute Gasteiger partial charge is 0.303 e. The summed E-state index contributed by atoms with van der Waals surface area (Å²) >= 11 is 9.70. The van der Waals surface area contributed by atoms with Crippen molar-refractivity contribution < 1.29 is 0 Å². The highest BCUT2D eigenvalue weighted by Crippen LogP contribution is 2.22. The third-order valence-electron chi connectivity index (χ3n) is 3.58. The van der Waals surface area contributed by atoms with E-state index >= 15 is 0 Å². The molecule has 0 atom stereocenters. The molecule has 0 amide bonds. The smallest absolute Gasteiger partial charge is 0.0439 e. The molecule has 3 heteroatoms. The van der Waals surface area contributed by atoms with Crippen LogP contribution < -0.4 is 0 Å². The Morgan fingerprint density at radius 1 is 1.35 bits per heavy atom. The molecule has 1 saturated heterocycles. The van der Waals surface area contributed by atoms with Crippen molar-refractivity contribution in [1.29, 1.82) is 0 Å². The predicted octanol–water partition coefficient (Wildman–Crippen LogP) is 4.38. The molecule has 1 aliphatic rings. The van der Waals surface area contributed by atoms with Crippen molar-refractivity contribution in [1.82, 2.24) is 4.90 Å². The molecule has 1 heterocycles. The van der Waals surface area contributed by atoms with Gasteiger partial charge in [-0.1, -0.05) is 34.5 Å². The van der Waals surface area contributed by atoms with Gasteiger partial charge in [0.25, 0.3) is 0 Å². The third kappa shape index (κ3) is 3.97. The van der Waals surface area contributed by atoms with E-state index in [1.807, 2.05) is 12.1 Å². The fourth-order valence-electron chi connectivity index (χ4n) is 2.30. The summed E-state index contributed by atoms with van der Waals surface area (Å²) < 4.78 is 1.11. The maximum Gasteiger partial charge on any atom is 0.0439 e. The fourth-order valence-corrected chi connectivity index (χ4v) is 2.92. The van der Waals surface area contributed by atoms with Gasteiger partial charge in [0.1, 0.15) is 0 Å². The molecule has 1 aromatic carbocycles. The van der Waals surface area contributed by atoms with E-state index in [0.717, 1.165) is 28.4 Å². The number of hydrogen-bond donors (Lipinski definition) is 0. The van der Waals surface area contributed by atoms with Crippen LogP contribution in [0.15, 0.2) is 22.7 Å². The van der Waals surface area contributed by atoms with Gasteiger partial charge >= 0.3 is 0 Å². The maximum absolute atomic E-state index is 6.20. The number of piperidine rings is 1. The van der Waals surface area contributed by atoms with Gasteiger partial charge in [0.2, 0.25) is 0 Å². The average Bonchev–Trinajstić information content (AvgIpc) is 2.32. The van der Waals surface area contributed by atoms with Crippen molar-refractivity contribution in [2.24, 2.45) is 5.92 Å². The van der Waals surface area contributed by atoms with E-state index in [4.69, 9.17) is 11.6 Å². The summed E-state index contributed by atoms with van der Waals surface area (Å²) in [6, 6.07) is 6.10. The molecule has 0 aliphatic carbocycles. The van der Waals surface area contributed by atoms with E-state index in [1.165, 1.54) is 31.5 Å². The molecule has 1 aliphatic heterocycles. The van der Waals surface area contributed by atoms with E-state index in [9.17, 15) is 0 Å². The van der Waals surface area contributed by atoms with Crippen LogP contribution in [0, 0.1) is 5.92 Å². The zero-order valence-corrected chi connectivity index (χ0v) is 12.6. The Morgan fingerprint density at radius 3 is 2.76 bits per heavy atom. The first kappa shape index (κ1) is 13.4. The second kappa shape index (κ2) is 6.21. The molecule has 0 spiro atoms. The monoisotopic (exact) mass is 315 g/mol. The predicted molar refractivity (Wildman–Crippen MR) is 77.7 cm³/mol. The molecular formula is C14H19BrClN. The van der Waals surface area contributed by atoms with E-state index in [1.54, 1.807) is 0 Å². The first-order valence-electron chi connectivity index (χ1n) is 6.31. The molecule has 1 nitrogen and oxygen atoms in total. The number of benzene rings is 1. The Balaban J connectivity index is 1.87. The van der Waals surface area contributed by atoms with Crippen molar-refractivity contribution in [3.63, 3.8) is 0 Å². The molecule has 0 aromatic heterocycles. The quantitative estimate of drug-likeness (QED) is 0.800. The van der Waals surface area contributed by atoms with Gasteiger partial charge in [0.15, 0.2) is 0 Å². The summed E-state index contributed by atoms with van der Waals surface area (Å²) in [5.41, 5.74) is 1.25. The third-order valence-corrected chi connectivity index (χ3v) is 4.44. The molecule has 94 valence electrons. The van der Waals surface area contributed by atoms with Crippen LogP contribution in [0.4, 0.5) is 0 Å². The van der Waals surface area contributed by atoms with Gasteiger partial charge in [0.05, 0.1) is 0 Å². The molecule has 0 saturated carbocycles. The minimum Gasteiger partial charge on any atom is -0.303 e. The zero-order valence-electron chi connectivity index (χ0n) is 10.3. The minimum absolute atomic E-state index is 0.888. The SMILES string of the molecule is CC1CCN(CCc2cc(Br)ccc2Cl)CC1.